The van der Waals surface area contributed by atoms with E-state index in [1.807, 2.05) is 53.9 Å². The summed E-state index contributed by atoms with van der Waals surface area (Å²) >= 11 is 1.51. The van der Waals surface area contributed by atoms with E-state index in [2.05, 4.69) is 0 Å². The lowest BCUT2D eigenvalue weighted by molar-refractivity contribution is -0.140. The smallest absolute Gasteiger partial charge is 0.296 e. The number of amides is 1. The number of aliphatic hydroxyl groups is 1. The van der Waals surface area contributed by atoms with Crippen LogP contribution in [0.4, 0.5) is 0 Å². The van der Waals surface area contributed by atoms with Crippen molar-refractivity contribution in [2.24, 2.45) is 0 Å². The molecule has 1 amide bonds. The lowest BCUT2D eigenvalue weighted by Crippen LogP contribution is -2.28. The van der Waals surface area contributed by atoms with Gasteiger partial charge in [-0.1, -0.05) is 48.5 Å². The first kappa shape index (κ1) is 19.3. The first-order chi connectivity index (χ1) is 15.0. The van der Waals surface area contributed by atoms with Crippen molar-refractivity contribution in [1.82, 2.24) is 4.90 Å². The number of nitrogens with zero attached hydrogens (tertiary/aromatic N) is 1. The molecule has 1 saturated heterocycles. The van der Waals surface area contributed by atoms with E-state index >= 15 is 0 Å². The zero-order valence-electron chi connectivity index (χ0n) is 16.7. The van der Waals surface area contributed by atoms with Crippen LogP contribution in [-0.2, 0) is 16.1 Å². The number of benzene rings is 2. The molecule has 0 bridgehead atoms. The fourth-order valence-electron chi connectivity index (χ4n) is 4.09. The lowest BCUT2D eigenvalue weighted by atomic mass is 9.96. The van der Waals surface area contributed by atoms with Crippen LogP contribution in [0.2, 0.25) is 0 Å². The highest BCUT2D eigenvalue weighted by molar-refractivity contribution is 7.09. The maximum Gasteiger partial charge on any atom is 0.296 e. The molecule has 2 aromatic carbocycles. The largest absolute Gasteiger partial charge is 0.507 e. The topological polar surface area (TPSA) is 70.8 Å². The minimum atomic E-state index is -0.797. The molecule has 0 aliphatic carbocycles. The molecule has 5 rings (SSSR count). The summed E-state index contributed by atoms with van der Waals surface area (Å²) in [5, 5.41) is 15.0. The van der Waals surface area contributed by atoms with Crippen molar-refractivity contribution in [2.45, 2.75) is 19.5 Å². The third kappa shape index (κ3) is 3.25. The normalized spacial score (nSPS) is 18.2. The van der Waals surface area contributed by atoms with Gasteiger partial charge in [0.15, 0.2) is 0 Å². The maximum atomic E-state index is 13.1. The number of Topliss-reactive ketones (excluding diaryl/α,β-unsaturated/α-hetero) is 1. The van der Waals surface area contributed by atoms with Gasteiger partial charge < -0.3 is 14.4 Å². The highest BCUT2D eigenvalue weighted by Gasteiger charge is 2.47. The summed E-state index contributed by atoms with van der Waals surface area (Å²) in [6, 6.07) is 19.7. The number of carbonyl (C=O) groups is 2. The van der Waals surface area contributed by atoms with E-state index in [9.17, 15) is 14.7 Å². The van der Waals surface area contributed by atoms with E-state index in [-0.39, 0.29) is 17.9 Å². The molecule has 154 valence electrons. The van der Waals surface area contributed by atoms with E-state index in [4.69, 9.17) is 4.42 Å². The number of ketones is 1. The Bertz CT molecular complexity index is 1330. The minimum absolute atomic E-state index is 0.0484. The standard InChI is InChI=1S/C25H19NO4S/c1-15-11-12-20(30-15)22-21(24(28)25(29)26(22)14-17-8-5-13-31-17)23(27)19-10-4-7-16-6-2-3-9-18(16)19/h2-13,22,27H,14H2,1H3/b23-21-. The van der Waals surface area contributed by atoms with E-state index in [0.717, 1.165) is 15.6 Å². The summed E-state index contributed by atoms with van der Waals surface area (Å²) in [5.41, 5.74) is 0.563. The molecule has 4 aromatic rings. The number of aliphatic hydroxyl groups excluding tert-OH is 1. The van der Waals surface area contributed by atoms with Crippen LogP contribution in [0.5, 0.6) is 0 Å². The zero-order chi connectivity index (χ0) is 21.5. The van der Waals surface area contributed by atoms with Gasteiger partial charge in [-0.3, -0.25) is 9.59 Å². The summed E-state index contributed by atoms with van der Waals surface area (Å²) in [6.07, 6.45) is 0. The molecule has 3 heterocycles. The van der Waals surface area contributed by atoms with Crippen LogP contribution < -0.4 is 0 Å². The quantitative estimate of drug-likeness (QED) is 0.267. The average Bonchev–Trinajstić information content (AvgIpc) is 3.50. The number of rotatable bonds is 4. The van der Waals surface area contributed by atoms with Crippen molar-refractivity contribution in [3.8, 4) is 0 Å². The van der Waals surface area contributed by atoms with Crippen LogP contribution in [0.25, 0.3) is 16.5 Å². The van der Waals surface area contributed by atoms with Crippen molar-refractivity contribution < 1.29 is 19.1 Å². The average molecular weight is 429 g/mol. The number of carbonyl (C=O) groups excluding carboxylic acids is 2. The molecule has 1 unspecified atom stereocenters. The van der Waals surface area contributed by atoms with Gasteiger partial charge in [-0.2, -0.15) is 0 Å². The van der Waals surface area contributed by atoms with Crippen molar-refractivity contribution in [3.05, 3.63) is 99.6 Å². The Kier molecular flexibility index (Phi) is 4.71. The second-order valence-corrected chi connectivity index (χ2v) is 8.51. The number of aryl methyl sites for hydroxylation is 1. The number of likely N-dealkylation sites (tertiary alicyclic amines) is 1. The molecule has 1 aliphatic rings. The van der Waals surface area contributed by atoms with Crippen LogP contribution >= 0.6 is 11.3 Å². The molecule has 0 saturated carbocycles. The highest BCUT2D eigenvalue weighted by Crippen LogP contribution is 2.42. The van der Waals surface area contributed by atoms with Gasteiger partial charge in [-0.25, -0.2) is 0 Å². The predicted molar refractivity (Wildman–Crippen MR) is 120 cm³/mol. The second kappa shape index (κ2) is 7.56. The SMILES string of the molecule is Cc1ccc(C2/C(=C(/O)c3cccc4ccccc34)C(=O)C(=O)N2Cc2cccs2)o1. The van der Waals surface area contributed by atoms with Crippen molar-refractivity contribution in [1.29, 1.82) is 0 Å². The Morgan fingerprint density at radius 2 is 1.84 bits per heavy atom. The monoisotopic (exact) mass is 429 g/mol. The van der Waals surface area contributed by atoms with E-state index in [1.165, 1.54) is 16.2 Å². The van der Waals surface area contributed by atoms with Crippen LogP contribution in [-0.4, -0.2) is 21.7 Å². The fraction of sp³-hybridized carbons (Fsp3) is 0.120. The third-order valence-electron chi connectivity index (χ3n) is 5.52. The minimum Gasteiger partial charge on any atom is -0.507 e. The molecule has 5 nitrogen and oxygen atoms in total. The maximum absolute atomic E-state index is 13.1. The molecular formula is C25H19NO4S. The zero-order valence-corrected chi connectivity index (χ0v) is 17.6. The molecular weight excluding hydrogens is 410 g/mol. The van der Waals surface area contributed by atoms with Gasteiger partial charge in [-0.05, 0) is 41.3 Å². The number of fused-ring (bicyclic) bond motifs is 1. The Morgan fingerprint density at radius 3 is 2.58 bits per heavy atom. The summed E-state index contributed by atoms with van der Waals surface area (Å²) in [4.78, 5) is 28.6. The van der Waals surface area contributed by atoms with Gasteiger partial charge in [0.05, 0.1) is 12.1 Å². The van der Waals surface area contributed by atoms with Gasteiger partial charge in [0.1, 0.15) is 23.3 Å². The summed E-state index contributed by atoms with van der Waals surface area (Å²) in [7, 11) is 0. The lowest BCUT2D eigenvalue weighted by Gasteiger charge is -2.22. The van der Waals surface area contributed by atoms with Gasteiger partial charge in [0.2, 0.25) is 0 Å². The first-order valence-electron chi connectivity index (χ1n) is 9.90. The van der Waals surface area contributed by atoms with Crippen molar-refractivity contribution in [2.75, 3.05) is 0 Å². The molecule has 6 heteroatoms. The Balaban J connectivity index is 1.71. The molecule has 0 radical (unpaired) electrons. The van der Waals surface area contributed by atoms with Crippen LogP contribution in [0.1, 0.15) is 28.0 Å². The van der Waals surface area contributed by atoms with E-state index in [1.54, 1.807) is 25.1 Å². The Morgan fingerprint density at radius 1 is 1.03 bits per heavy atom. The van der Waals surface area contributed by atoms with Gasteiger partial charge >= 0.3 is 0 Å². The molecule has 1 aliphatic heterocycles. The number of furan rings is 1. The fourth-order valence-corrected chi connectivity index (χ4v) is 4.79. The number of hydrogen-bond acceptors (Lipinski definition) is 5. The number of hydrogen-bond donors (Lipinski definition) is 1. The van der Waals surface area contributed by atoms with Crippen LogP contribution in [0.3, 0.4) is 0 Å². The first-order valence-corrected chi connectivity index (χ1v) is 10.8. The molecule has 2 aromatic heterocycles. The molecule has 1 fully saturated rings. The van der Waals surface area contributed by atoms with Gasteiger partial charge in [0, 0.05) is 10.4 Å². The summed E-state index contributed by atoms with van der Waals surface area (Å²) in [6.45, 7) is 2.07. The van der Waals surface area contributed by atoms with Gasteiger partial charge in [0.25, 0.3) is 11.7 Å². The molecule has 1 atom stereocenters. The van der Waals surface area contributed by atoms with Gasteiger partial charge in [-0.15, -0.1) is 11.3 Å². The summed E-state index contributed by atoms with van der Waals surface area (Å²) in [5.74, 6) is -0.421. The molecule has 0 spiro atoms. The third-order valence-corrected chi connectivity index (χ3v) is 6.38. The molecule has 31 heavy (non-hydrogen) atoms. The number of thiophene rings is 1. The summed E-state index contributed by atoms with van der Waals surface area (Å²) < 4.78 is 5.83. The van der Waals surface area contributed by atoms with Crippen molar-refractivity contribution in [3.63, 3.8) is 0 Å². The van der Waals surface area contributed by atoms with Crippen LogP contribution in [0, 0.1) is 6.92 Å². The highest BCUT2D eigenvalue weighted by atomic mass is 32.1. The Hall–Kier alpha value is -3.64. The predicted octanol–water partition coefficient (Wildman–Crippen LogP) is 5.42. The molecule has 1 N–H and O–H groups in total. The Labute approximate surface area is 182 Å². The van der Waals surface area contributed by atoms with Crippen molar-refractivity contribution >= 4 is 39.6 Å². The second-order valence-electron chi connectivity index (χ2n) is 7.48. The van der Waals surface area contributed by atoms with E-state index in [0.29, 0.717) is 17.1 Å². The van der Waals surface area contributed by atoms with Crippen LogP contribution in [0.15, 0.2) is 82.1 Å². The van der Waals surface area contributed by atoms with E-state index < -0.39 is 17.7 Å².